The lowest BCUT2D eigenvalue weighted by atomic mass is 10.0. The standard InChI is InChI=1S/C17H18BrClN2/c18-16-11-15(6-7-17(16)19)21-9-8-20-14(12-21)10-13-4-2-1-3-5-13/h1-7,11,14,20H,8-10,12H2. The van der Waals surface area contributed by atoms with Crippen LogP contribution < -0.4 is 10.2 Å². The molecule has 0 spiro atoms. The van der Waals surface area contributed by atoms with Crippen LogP contribution in [0.5, 0.6) is 0 Å². The van der Waals surface area contributed by atoms with Crippen LogP contribution in [0.1, 0.15) is 5.56 Å². The van der Waals surface area contributed by atoms with Gasteiger partial charge in [0.2, 0.25) is 0 Å². The molecule has 1 unspecified atom stereocenters. The molecule has 1 N–H and O–H groups in total. The third-order valence-corrected chi connectivity index (χ3v) is 5.06. The van der Waals surface area contributed by atoms with Gasteiger partial charge in [0.1, 0.15) is 0 Å². The number of hydrogen-bond acceptors (Lipinski definition) is 2. The van der Waals surface area contributed by atoms with E-state index < -0.39 is 0 Å². The van der Waals surface area contributed by atoms with E-state index in [2.05, 4.69) is 68.6 Å². The lowest BCUT2D eigenvalue weighted by Gasteiger charge is -2.35. The first kappa shape index (κ1) is 14.9. The van der Waals surface area contributed by atoms with Crippen molar-refractivity contribution in [1.82, 2.24) is 5.32 Å². The molecule has 1 fully saturated rings. The Morgan fingerprint density at radius 1 is 1.19 bits per heavy atom. The molecule has 3 rings (SSSR count). The molecular formula is C17H18BrClN2. The predicted octanol–water partition coefficient (Wildman–Crippen LogP) is 4.12. The van der Waals surface area contributed by atoms with Crippen molar-refractivity contribution in [2.24, 2.45) is 0 Å². The molecule has 2 nitrogen and oxygen atoms in total. The topological polar surface area (TPSA) is 15.3 Å². The van der Waals surface area contributed by atoms with Gasteiger partial charge in [-0.15, -0.1) is 0 Å². The summed E-state index contributed by atoms with van der Waals surface area (Å²) in [7, 11) is 0. The van der Waals surface area contributed by atoms with Gasteiger partial charge in [0.15, 0.2) is 0 Å². The second kappa shape index (κ2) is 6.82. The minimum Gasteiger partial charge on any atom is -0.369 e. The van der Waals surface area contributed by atoms with Crippen LogP contribution in [0.2, 0.25) is 5.02 Å². The molecule has 4 heteroatoms. The summed E-state index contributed by atoms with van der Waals surface area (Å²) in [6, 6.07) is 17.3. The molecule has 1 atom stereocenters. The van der Waals surface area contributed by atoms with Crippen molar-refractivity contribution in [3.63, 3.8) is 0 Å². The van der Waals surface area contributed by atoms with Gasteiger partial charge in [-0.25, -0.2) is 0 Å². The molecule has 1 aliphatic rings. The van der Waals surface area contributed by atoms with E-state index in [1.54, 1.807) is 0 Å². The molecule has 0 saturated carbocycles. The van der Waals surface area contributed by atoms with Crippen LogP contribution in [0, 0.1) is 0 Å². The normalized spacial score (nSPS) is 18.8. The average molecular weight is 366 g/mol. The number of halogens is 2. The molecule has 1 aliphatic heterocycles. The minimum atomic E-state index is 0.482. The zero-order chi connectivity index (χ0) is 14.7. The van der Waals surface area contributed by atoms with Gasteiger partial charge >= 0.3 is 0 Å². The first-order valence-electron chi connectivity index (χ1n) is 7.20. The molecule has 0 aromatic heterocycles. The summed E-state index contributed by atoms with van der Waals surface area (Å²) in [4.78, 5) is 2.42. The summed E-state index contributed by atoms with van der Waals surface area (Å²) < 4.78 is 0.958. The van der Waals surface area contributed by atoms with Gasteiger partial charge in [0, 0.05) is 35.8 Å². The van der Waals surface area contributed by atoms with E-state index in [9.17, 15) is 0 Å². The lowest BCUT2D eigenvalue weighted by Crippen LogP contribution is -2.51. The van der Waals surface area contributed by atoms with Crippen molar-refractivity contribution in [3.8, 4) is 0 Å². The molecule has 0 radical (unpaired) electrons. The van der Waals surface area contributed by atoms with Crippen LogP contribution in [-0.4, -0.2) is 25.7 Å². The Balaban J connectivity index is 1.69. The molecule has 0 bridgehead atoms. The fourth-order valence-corrected chi connectivity index (χ4v) is 3.26. The Kier molecular flexibility index (Phi) is 4.84. The first-order chi connectivity index (χ1) is 10.2. The smallest absolute Gasteiger partial charge is 0.0549 e. The van der Waals surface area contributed by atoms with E-state index in [-0.39, 0.29) is 0 Å². The summed E-state index contributed by atoms with van der Waals surface area (Å²) >= 11 is 9.59. The highest BCUT2D eigenvalue weighted by atomic mass is 79.9. The Bertz CT molecular complexity index is 603. The van der Waals surface area contributed by atoms with Crippen LogP contribution in [0.15, 0.2) is 53.0 Å². The third-order valence-electron chi connectivity index (χ3n) is 3.85. The van der Waals surface area contributed by atoms with Crippen molar-refractivity contribution in [3.05, 3.63) is 63.6 Å². The highest BCUT2D eigenvalue weighted by Gasteiger charge is 2.20. The van der Waals surface area contributed by atoms with Crippen molar-refractivity contribution in [2.75, 3.05) is 24.5 Å². The molecule has 0 aliphatic carbocycles. The maximum Gasteiger partial charge on any atom is 0.0549 e. The maximum atomic E-state index is 6.08. The van der Waals surface area contributed by atoms with Crippen LogP contribution in [-0.2, 0) is 6.42 Å². The molecule has 21 heavy (non-hydrogen) atoms. The number of benzene rings is 2. The van der Waals surface area contributed by atoms with Crippen molar-refractivity contribution in [2.45, 2.75) is 12.5 Å². The lowest BCUT2D eigenvalue weighted by molar-refractivity contribution is 0.455. The summed E-state index contributed by atoms with van der Waals surface area (Å²) in [5.74, 6) is 0. The maximum absolute atomic E-state index is 6.08. The van der Waals surface area contributed by atoms with E-state index in [4.69, 9.17) is 11.6 Å². The summed E-state index contributed by atoms with van der Waals surface area (Å²) in [6.07, 6.45) is 1.06. The Morgan fingerprint density at radius 3 is 2.76 bits per heavy atom. The summed E-state index contributed by atoms with van der Waals surface area (Å²) in [6.45, 7) is 3.06. The summed E-state index contributed by atoms with van der Waals surface area (Å²) in [5.41, 5.74) is 2.61. The van der Waals surface area contributed by atoms with Gasteiger partial charge in [-0.3, -0.25) is 0 Å². The number of piperazine rings is 1. The van der Waals surface area contributed by atoms with Crippen LogP contribution in [0.4, 0.5) is 5.69 Å². The van der Waals surface area contributed by atoms with Crippen molar-refractivity contribution >= 4 is 33.2 Å². The Labute approximate surface area is 139 Å². The van der Waals surface area contributed by atoms with Gasteiger partial charge < -0.3 is 10.2 Å². The Hall–Kier alpha value is -1.03. The molecule has 110 valence electrons. The molecule has 0 amide bonds. The summed E-state index contributed by atoms with van der Waals surface area (Å²) in [5, 5.41) is 4.37. The van der Waals surface area contributed by atoms with Crippen LogP contribution >= 0.6 is 27.5 Å². The Morgan fingerprint density at radius 2 is 2.00 bits per heavy atom. The fraction of sp³-hybridized carbons (Fsp3) is 0.294. The van der Waals surface area contributed by atoms with Gasteiger partial charge in [-0.2, -0.15) is 0 Å². The SMILES string of the molecule is Clc1ccc(N2CCNC(Cc3ccccc3)C2)cc1Br. The van der Waals surface area contributed by atoms with Gasteiger partial charge in [-0.05, 0) is 46.1 Å². The average Bonchev–Trinajstić information content (AvgIpc) is 2.51. The molecular weight excluding hydrogens is 348 g/mol. The third kappa shape index (κ3) is 3.79. The number of anilines is 1. The highest BCUT2D eigenvalue weighted by Crippen LogP contribution is 2.28. The largest absolute Gasteiger partial charge is 0.369 e. The van der Waals surface area contributed by atoms with E-state index >= 15 is 0 Å². The number of rotatable bonds is 3. The first-order valence-corrected chi connectivity index (χ1v) is 8.37. The monoisotopic (exact) mass is 364 g/mol. The molecule has 2 aromatic carbocycles. The van der Waals surface area contributed by atoms with Gasteiger partial charge in [-0.1, -0.05) is 41.9 Å². The highest BCUT2D eigenvalue weighted by molar-refractivity contribution is 9.10. The second-order valence-corrected chi connectivity index (χ2v) is 6.65. The second-order valence-electron chi connectivity index (χ2n) is 5.39. The quantitative estimate of drug-likeness (QED) is 0.880. The zero-order valence-corrected chi connectivity index (χ0v) is 14.1. The van der Waals surface area contributed by atoms with Crippen LogP contribution in [0.3, 0.4) is 0 Å². The van der Waals surface area contributed by atoms with E-state index in [0.717, 1.165) is 35.6 Å². The van der Waals surface area contributed by atoms with E-state index in [0.29, 0.717) is 6.04 Å². The van der Waals surface area contributed by atoms with E-state index in [1.165, 1.54) is 11.3 Å². The van der Waals surface area contributed by atoms with E-state index in [1.807, 2.05) is 6.07 Å². The predicted molar refractivity (Wildman–Crippen MR) is 93.3 cm³/mol. The van der Waals surface area contributed by atoms with Crippen molar-refractivity contribution < 1.29 is 0 Å². The molecule has 2 aromatic rings. The van der Waals surface area contributed by atoms with Gasteiger partial charge in [0.05, 0.1) is 5.02 Å². The fourth-order valence-electron chi connectivity index (χ4n) is 2.78. The number of hydrogen-bond donors (Lipinski definition) is 1. The zero-order valence-electron chi connectivity index (χ0n) is 11.7. The molecule has 1 heterocycles. The van der Waals surface area contributed by atoms with Crippen molar-refractivity contribution in [1.29, 1.82) is 0 Å². The number of nitrogens with zero attached hydrogens (tertiary/aromatic N) is 1. The van der Waals surface area contributed by atoms with Crippen LogP contribution in [0.25, 0.3) is 0 Å². The minimum absolute atomic E-state index is 0.482. The molecule has 1 saturated heterocycles. The number of nitrogens with one attached hydrogen (secondary N) is 1. The van der Waals surface area contributed by atoms with Gasteiger partial charge in [0.25, 0.3) is 0 Å².